The van der Waals surface area contributed by atoms with Gasteiger partial charge in [0, 0.05) is 35.2 Å². The maximum absolute atomic E-state index is 13.5. The Kier molecular flexibility index (Phi) is 6.38. The van der Waals surface area contributed by atoms with Gasteiger partial charge in [-0.2, -0.15) is 0 Å². The molecule has 0 spiro atoms. The van der Waals surface area contributed by atoms with Crippen LogP contribution in [0.3, 0.4) is 0 Å². The van der Waals surface area contributed by atoms with E-state index in [0.29, 0.717) is 28.5 Å². The molecule has 2 heterocycles. The molecule has 3 atom stereocenters. The first kappa shape index (κ1) is 22.5. The van der Waals surface area contributed by atoms with E-state index >= 15 is 0 Å². The summed E-state index contributed by atoms with van der Waals surface area (Å²) < 4.78 is 0. The third kappa shape index (κ3) is 3.83. The maximum Gasteiger partial charge on any atom is 0.268 e. The molecular formula is C25H27ClN2O4. The van der Waals surface area contributed by atoms with E-state index in [-0.39, 0.29) is 25.0 Å². The minimum Gasteiger partial charge on any atom is -0.394 e. The van der Waals surface area contributed by atoms with Crippen molar-refractivity contribution >= 4 is 34.8 Å². The number of para-hydroxylation sites is 1. The van der Waals surface area contributed by atoms with Gasteiger partial charge in [-0.1, -0.05) is 48.9 Å². The monoisotopic (exact) mass is 454 g/mol. The van der Waals surface area contributed by atoms with Crippen LogP contribution in [0.25, 0.3) is 0 Å². The second-order valence-corrected chi connectivity index (χ2v) is 8.83. The van der Waals surface area contributed by atoms with Gasteiger partial charge in [0.2, 0.25) is 5.91 Å². The number of benzene rings is 2. The van der Waals surface area contributed by atoms with Crippen LogP contribution < -0.4 is 4.90 Å². The number of fused-ring (bicyclic) bond motifs is 1. The summed E-state index contributed by atoms with van der Waals surface area (Å²) in [4.78, 5) is 29.3. The number of rotatable bonds is 6. The van der Waals surface area contributed by atoms with Crippen molar-refractivity contribution in [3.05, 3.63) is 71.3 Å². The van der Waals surface area contributed by atoms with Crippen LogP contribution in [0.4, 0.5) is 11.4 Å². The number of carbonyl (C=O) groups is 2. The number of anilines is 2. The molecule has 32 heavy (non-hydrogen) atoms. The fourth-order valence-corrected chi connectivity index (χ4v) is 4.83. The molecule has 2 aromatic carbocycles. The van der Waals surface area contributed by atoms with E-state index in [1.165, 1.54) is 4.90 Å². The van der Waals surface area contributed by atoms with Gasteiger partial charge in [-0.15, -0.1) is 0 Å². The molecule has 0 aliphatic carbocycles. The van der Waals surface area contributed by atoms with Crippen molar-refractivity contribution in [2.24, 2.45) is 5.92 Å². The van der Waals surface area contributed by atoms with Crippen LogP contribution in [0.5, 0.6) is 0 Å². The van der Waals surface area contributed by atoms with Gasteiger partial charge in [0.05, 0.1) is 18.3 Å². The van der Waals surface area contributed by atoms with E-state index in [4.69, 9.17) is 11.6 Å². The molecule has 2 aliphatic rings. The highest BCUT2D eigenvalue weighted by Crippen LogP contribution is 2.48. The quantitative estimate of drug-likeness (QED) is 0.651. The van der Waals surface area contributed by atoms with E-state index in [1.54, 1.807) is 42.2 Å². The summed E-state index contributed by atoms with van der Waals surface area (Å²) in [6, 6.07) is 14.1. The van der Waals surface area contributed by atoms with Gasteiger partial charge in [0.25, 0.3) is 5.91 Å². The third-order valence-corrected chi connectivity index (χ3v) is 6.67. The molecule has 168 valence electrons. The Hall–Kier alpha value is -2.67. The molecule has 7 heteroatoms. The van der Waals surface area contributed by atoms with Gasteiger partial charge < -0.3 is 15.1 Å². The zero-order chi connectivity index (χ0) is 22.9. The molecule has 1 fully saturated rings. The smallest absolute Gasteiger partial charge is 0.268 e. The van der Waals surface area contributed by atoms with Crippen LogP contribution in [0.15, 0.2) is 60.7 Å². The van der Waals surface area contributed by atoms with Crippen molar-refractivity contribution in [2.75, 3.05) is 18.1 Å². The first-order valence-corrected chi connectivity index (χ1v) is 11.2. The minimum atomic E-state index is -1.81. The number of aliphatic hydroxyl groups excluding tert-OH is 1. The highest BCUT2D eigenvalue weighted by Gasteiger charge is 2.53. The molecule has 2 N–H and O–H groups in total. The lowest BCUT2D eigenvalue weighted by Gasteiger charge is -2.28. The van der Waals surface area contributed by atoms with Crippen molar-refractivity contribution < 1.29 is 19.8 Å². The summed E-state index contributed by atoms with van der Waals surface area (Å²) in [6.07, 6.45) is 5.25. The number of hydrogen-bond acceptors (Lipinski definition) is 4. The summed E-state index contributed by atoms with van der Waals surface area (Å²) in [5.74, 6) is -1.12. The Balaban J connectivity index is 1.59. The van der Waals surface area contributed by atoms with Gasteiger partial charge in [0.15, 0.2) is 5.60 Å². The Morgan fingerprint density at radius 2 is 2.03 bits per heavy atom. The average Bonchev–Trinajstić information content (AvgIpc) is 3.36. The third-order valence-electron chi connectivity index (χ3n) is 6.44. The Morgan fingerprint density at radius 3 is 2.75 bits per heavy atom. The van der Waals surface area contributed by atoms with E-state index in [2.05, 4.69) is 0 Å². The van der Waals surface area contributed by atoms with Crippen LogP contribution in [0.2, 0.25) is 5.02 Å². The summed E-state index contributed by atoms with van der Waals surface area (Å²) in [7, 11) is 0. The van der Waals surface area contributed by atoms with E-state index < -0.39 is 17.4 Å². The Bertz CT molecular complexity index is 1040. The average molecular weight is 455 g/mol. The second-order valence-electron chi connectivity index (χ2n) is 8.39. The van der Waals surface area contributed by atoms with Crippen molar-refractivity contribution in [2.45, 2.75) is 37.8 Å². The first-order chi connectivity index (χ1) is 15.4. The predicted octanol–water partition coefficient (Wildman–Crippen LogP) is 3.77. The summed E-state index contributed by atoms with van der Waals surface area (Å²) in [6.45, 7) is 2.37. The topological polar surface area (TPSA) is 81.1 Å². The molecule has 0 bridgehead atoms. The van der Waals surface area contributed by atoms with Crippen LogP contribution in [-0.2, 0) is 15.2 Å². The van der Waals surface area contributed by atoms with E-state index in [1.807, 2.05) is 30.3 Å². The highest BCUT2D eigenvalue weighted by molar-refractivity contribution is 6.31. The number of likely N-dealkylation sites (tertiary alicyclic amines) is 1. The zero-order valence-corrected chi connectivity index (χ0v) is 18.7. The largest absolute Gasteiger partial charge is 0.394 e. The number of amides is 2. The Morgan fingerprint density at radius 1 is 1.28 bits per heavy atom. The lowest BCUT2D eigenvalue weighted by atomic mass is 9.83. The number of hydrogen-bond donors (Lipinski definition) is 2. The fourth-order valence-electron chi connectivity index (χ4n) is 4.66. The van der Waals surface area contributed by atoms with Gasteiger partial charge in [-0.3, -0.25) is 14.5 Å². The van der Waals surface area contributed by atoms with Crippen molar-refractivity contribution in [3.8, 4) is 0 Å². The molecular weight excluding hydrogens is 428 g/mol. The first-order valence-electron chi connectivity index (χ1n) is 10.9. The van der Waals surface area contributed by atoms with E-state index in [9.17, 15) is 19.8 Å². The number of carbonyl (C=O) groups excluding carboxylic acids is 2. The molecule has 0 unspecified atom stereocenters. The molecule has 0 aromatic heterocycles. The Labute approximate surface area is 192 Å². The number of nitrogens with zero attached hydrogens (tertiary/aromatic N) is 2. The molecule has 0 radical (unpaired) electrons. The standard InChI is InChI=1S/C25H27ClN2O4/c1-17(7-5-11-23(30)27-14-6-10-20(27)16-29)25(32)21-15-18(26)12-13-22(21)28(24(25)31)19-8-3-2-4-9-19/h2-5,7-9,12-13,15,17,20,29,32H,6,10-11,14,16H2,1H3/b7-5+/t17-,20-,25+/m0/s1. The molecule has 2 aliphatic heterocycles. The normalized spacial score (nSPS) is 23.8. The van der Waals surface area contributed by atoms with Crippen molar-refractivity contribution in [1.29, 1.82) is 0 Å². The highest BCUT2D eigenvalue weighted by atomic mass is 35.5. The van der Waals surface area contributed by atoms with Crippen LogP contribution in [0, 0.1) is 5.92 Å². The van der Waals surface area contributed by atoms with Crippen LogP contribution >= 0.6 is 11.6 Å². The molecule has 4 rings (SSSR count). The molecule has 2 aromatic rings. The van der Waals surface area contributed by atoms with Crippen molar-refractivity contribution in [3.63, 3.8) is 0 Å². The molecule has 1 saturated heterocycles. The fraction of sp³-hybridized carbons (Fsp3) is 0.360. The maximum atomic E-state index is 13.5. The van der Waals surface area contributed by atoms with Crippen LogP contribution in [0.1, 0.15) is 31.7 Å². The van der Waals surface area contributed by atoms with Crippen LogP contribution in [-0.4, -0.2) is 46.1 Å². The molecule has 6 nitrogen and oxygen atoms in total. The second kappa shape index (κ2) is 9.06. The van der Waals surface area contributed by atoms with Gasteiger partial charge in [-0.05, 0) is 43.2 Å². The van der Waals surface area contributed by atoms with Gasteiger partial charge >= 0.3 is 0 Å². The lowest BCUT2D eigenvalue weighted by molar-refractivity contribution is -0.138. The van der Waals surface area contributed by atoms with Gasteiger partial charge in [-0.25, -0.2) is 0 Å². The summed E-state index contributed by atoms with van der Waals surface area (Å²) >= 11 is 6.21. The summed E-state index contributed by atoms with van der Waals surface area (Å²) in [5, 5.41) is 21.5. The van der Waals surface area contributed by atoms with Crippen molar-refractivity contribution in [1.82, 2.24) is 4.90 Å². The SMILES string of the molecule is C[C@@H](/C=C/CC(=O)N1CCC[C@H]1CO)[C@]1(O)C(=O)N(c2ccccc2)c2ccc(Cl)cc21. The number of halogens is 1. The molecule has 0 saturated carbocycles. The number of aliphatic hydroxyl groups is 2. The minimum absolute atomic E-state index is 0.0347. The zero-order valence-electron chi connectivity index (χ0n) is 17.9. The lowest BCUT2D eigenvalue weighted by Crippen LogP contribution is -2.42. The predicted molar refractivity (Wildman–Crippen MR) is 124 cm³/mol. The summed E-state index contributed by atoms with van der Waals surface area (Å²) in [5.41, 5.74) is -0.112. The molecule has 2 amide bonds. The van der Waals surface area contributed by atoms with E-state index in [0.717, 1.165) is 12.8 Å². The van der Waals surface area contributed by atoms with Gasteiger partial charge in [0.1, 0.15) is 0 Å².